The lowest BCUT2D eigenvalue weighted by molar-refractivity contribution is 0.415. The van der Waals surface area contributed by atoms with Crippen LogP contribution in [0.2, 0.25) is 0 Å². The minimum Gasteiger partial charge on any atom is -0.497 e. The topological polar surface area (TPSA) is 59.9 Å². The molecule has 0 atom stereocenters. The summed E-state index contributed by atoms with van der Waals surface area (Å²) in [6.45, 7) is 0.624. The van der Waals surface area contributed by atoms with Crippen LogP contribution in [0, 0.1) is 0 Å². The van der Waals surface area contributed by atoms with E-state index in [1.807, 2.05) is 36.4 Å². The predicted molar refractivity (Wildman–Crippen MR) is 77.7 cm³/mol. The number of fused-ring (bicyclic) bond motifs is 1. The summed E-state index contributed by atoms with van der Waals surface area (Å²) >= 11 is 0. The molecule has 0 aliphatic heterocycles. The molecule has 2 heterocycles. The number of methoxy groups -OCH3 is 1. The van der Waals surface area contributed by atoms with Gasteiger partial charge in [-0.1, -0.05) is 6.07 Å². The molecule has 100 valence electrons. The third-order valence-corrected chi connectivity index (χ3v) is 3.01. The first-order valence-electron chi connectivity index (χ1n) is 6.29. The van der Waals surface area contributed by atoms with Crippen molar-refractivity contribution >= 4 is 16.7 Å². The second-order valence-corrected chi connectivity index (χ2v) is 4.28. The zero-order chi connectivity index (χ0) is 13.8. The van der Waals surface area contributed by atoms with Crippen molar-refractivity contribution in [2.75, 3.05) is 12.4 Å². The number of anilines is 1. The van der Waals surface area contributed by atoms with Gasteiger partial charge in [0.1, 0.15) is 17.9 Å². The molecule has 1 aromatic carbocycles. The van der Waals surface area contributed by atoms with Crippen LogP contribution in [-0.4, -0.2) is 22.1 Å². The molecule has 0 radical (unpaired) electrons. The summed E-state index contributed by atoms with van der Waals surface area (Å²) in [5, 5.41) is 4.25. The molecule has 0 saturated heterocycles. The highest BCUT2D eigenvalue weighted by Gasteiger charge is 2.04. The maximum absolute atomic E-state index is 5.20. The molecule has 5 nitrogen and oxygen atoms in total. The Morgan fingerprint density at radius 3 is 2.85 bits per heavy atom. The van der Waals surface area contributed by atoms with E-state index in [1.165, 1.54) is 0 Å². The highest BCUT2D eigenvalue weighted by molar-refractivity contribution is 5.89. The second kappa shape index (κ2) is 5.52. The van der Waals surface area contributed by atoms with E-state index in [4.69, 9.17) is 4.74 Å². The van der Waals surface area contributed by atoms with Crippen molar-refractivity contribution in [1.82, 2.24) is 15.0 Å². The van der Waals surface area contributed by atoms with Crippen LogP contribution in [0.15, 0.2) is 48.9 Å². The largest absolute Gasteiger partial charge is 0.497 e. The molecule has 0 fully saturated rings. The minimum absolute atomic E-state index is 0.624. The fraction of sp³-hybridized carbons (Fsp3) is 0.133. The summed E-state index contributed by atoms with van der Waals surface area (Å²) in [7, 11) is 1.64. The number of ether oxygens (including phenoxy) is 1. The van der Waals surface area contributed by atoms with E-state index in [0.717, 1.165) is 28.2 Å². The Morgan fingerprint density at radius 1 is 1.10 bits per heavy atom. The second-order valence-electron chi connectivity index (χ2n) is 4.28. The number of rotatable bonds is 4. The number of nitrogens with one attached hydrogen (secondary N) is 1. The fourth-order valence-electron chi connectivity index (χ4n) is 1.98. The maximum atomic E-state index is 5.20. The molecular weight excluding hydrogens is 252 g/mol. The van der Waals surface area contributed by atoms with Crippen LogP contribution >= 0.6 is 0 Å². The first kappa shape index (κ1) is 12.3. The minimum atomic E-state index is 0.624. The third kappa shape index (κ3) is 2.51. The molecule has 0 saturated carbocycles. The Kier molecular flexibility index (Phi) is 3.41. The van der Waals surface area contributed by atoms with Crippen LogP contribution in [0.3, 0.4) is 0 Å². The first-order valence-corrected chi connectivity index (χ1v) is 6.29. The first-order chi connectivity index (χ1) is 9.86. The van der Waals surface area contributed by atoms with Crippen molar-refractivity contribution < 1.29 is 4.74 Å². The monoisotopic (exact) mass is 266 g/mol. The highest BCUT2D eigenvalue weighted by Crippen LogP contribution is 2.23. The van der Waals surface area contributed by atoms with Gasteiger partial charge < -0.3 is 10.1 Å². The summed E-state index contributed by atoms with van der Waals surface area (Å²) in [6, 6.07) is 11.6. The Morgan fingerprint density at radius 2 is 2.05 bits per heavy atom. The molecular formula is C15H14N4O. The predicted octanol–water partition coefficient (Wildman–Crippen LogP) is 2.65. The van der Waals surface area contributed by atoms with Gasteiger partial charge in [-0.25, -0.2) is 9.97 Å². The van der Waals surface area contributed by atoms with Crippen LogP contribution in [-0.2, 0) is 6.54 Å². The number of aromatic nitrogens is 3. The van der Waals surface area contributed by atoms with E-state index >= 15 is 0 Å². The molecule has 3 aromatic rings. The van der Waals surface area contributed by atoms with Crippen LogP contribution in [0.25, 0.3) is 10.9 Å². The average Bonchev–Trinajstić information content (AvgIpc) is 2.53. The molecule has 3 rings (SSSR count). The van der Waals surface area contributed by atoms with Gasteiger partial charge in [0.2, 0.25) is 0 Å². The molecule has 0 spiro atoms. The summed E-state index contributed by atoms with van der Waals surface area (Å²) in [5.74, 6) is 1.58. The van der Waals surface area contributed by atoms with Crippen molar-refractivity contribution in [3.63, 3.8) is 0 Å². The van der Waals surface area contributed by atoms with Gasteiger partial charge in [-0.05, 0) is 24.3 Å². The van der Waals surface area contributed by atoms with Gasteiger partial charge in [0, 0.05) is 17.6 Å². The zero-order valence-corrected chi connectivity index (χ0v) is 11.1. The smallest absolute Gasteiger partial charge is 0.137 e. The van der Waals surface area contributed by atoms with Crippen molar-refractivity contribution in [2.24, 2.45) is 0 Å². The van der Waals surface area contributed by atoms with Gasteiger partial charge >= 0.3 is 0 Å². The van der Waals surface area contributed by atoms with Gasteiger partial charge in [-0.3, -0.25) is 4.98 Å². The van der Waals surface area contributed by atoms with Crippen LogP contribution in [0.4, 0.5) is 5.82 Å². The van der Waals surface area contributed by atoms with Crippen LogP contribution < -0.4 is 10.1 Å². The van der Waals surface area contributed by atoms with Gasteiger partial charge in [0.15, 0.2) is 0 Å². The standard InChI is InChI=1S/C15H14N4O/c1-20-12-5-6-13-14(8-12)18-10-19-15(13)17-9-11-4-2-3-7-16-11/h2-8,10H,9H2,1H3,(H,17,18,19). The zero-order valence-electron chi connectivity index (χ0n) is 11.1. The molecule has 20 heavy (non-hydrogen) atoms. The van der Waals surface area contributed by atoms with Gasteiger partial charge in [-0.2, -0.15) is 0 Å². The van der Waals surface area contributed by atoms with E-state index in [0.29, 0.717) is 6.54 Å². The van der Waals surface area contributed by atoms with E-state index < -0.39 is 0 Å². The summed E-state index contributed by atoms with van der Waals surface area (Å²) in [6.07, 6.45) is 3.32. The SMILES string of the molecule is COc1ccc2c(NCc3ccccn3)ncnc2c1. The van der Waals surface area contributed by atoms with Crippen molar-refractivity contribution in [2.45, 2.75) is 6.54 Å². The number of hydrogen-bond donors (Lipinski definition) is 1. The lowest BCUT2D eigenvalue weighted by Gasteiger charge is -2.08. The highest BCUT2D eigenvalue weighted by atomic mass is 16.5. The lowest BCUT2D eigenvalue weighted by atomic mass is 10.2. The summed E-state index contributed by atoms with van der Waals surface area (Å²) in [4.78, 5) is 12.8. The van der Waals surface area contributed by atoms with Crippen LogP contribution in [0.5, 0.6) is 5.75 Å². The van der Waals surface area contributed by atoms with E-state index in [-0.39, 0.29) is 0 Å². The number of pyridine rings is 1. The number of nitrogens with zero attached hydrogens (tertiary/aromatic N) is 3. The normalized spacial score (nSPS) is 10.4. The van der Waals surface area contributed by atoms with Crippen molar-refractivity contribution in [1.29, 1.82) is 0 Å². The van der Waals surface area contributed by atoms with Crippen molar-refractivity contribution in [3.05, 3.63) is 54.6 Å². The molecule has 2 aromatic heterocycles. The molecule has 0 bridgehead atoms. The lowest BCUT2D eigenvalue weighted by Crippen LogP contribution is -2.03. The number of benzene rings is 1. The third-order valence-electron chi connectivity index (χ3n) is 3.01. The Hall–Kier alpha value is -2.69. The summed E-state index contributed by atoms with van der Waals surface area (Å²) < 4.78 is 5.20. The summed E-state index contributed by atoms with van der Waals surface area (Å²) in [5.41, 5.74) is 1.82. The van der Waals surface area contributed by atoms with E-state index in [9.17, 15) is 0 Å². The molecule has 1 N–H and O–H groups in total. The quantitative estimate of drug-likeness (QED) is 0.786. The van der Waals surface area contributed by atoms with E-state index in [1.54, 1.807) is 19.6 Å². The van der Waals surface area contributed by atoms with Gasteiger partial charge in [0.25, 0.3) is 0 Å². The van der Waals surface area contributed by atoms with Gasteiger partial charge in [-0.15, -0.1) is 0 Å². The maximum Gasteiger partial charge on any atom is 0.137 e. The molecule has 0 aliphatic rings. The molecule has 0 unspecified atom stereocenters. The van der Waals surface area contributed by atoms with Gasteiger partial charge in [0.05, 0.1) is 24.9 Å². The molecule has 0 aliphatic carbocycles. The molecule has 0 amide bonds. The molecule has 5 heteroatoms. The Labute approximate surface area is 116 Å². The van der Waals surface area contributed by atoms with Crippen molar-refractivity contribution in [3.8, 4) is 5.75 Å². The fourth-order valence-corrected chi connectivity index (χ4v) is 1.98. The average molecular weight is 266 g/mol. The Balaban J connectivity index is 1.88. The van der Waals surface area contributed by atoms with E-state index in [2.05, 4.69) is 20.3 Å². The van der Waals surface area contributed by atoms with Crippen LogP contribution in [0.1, 0.15) is 5.69 Å². The Bertz CT molecular complexity index is 715. The number of hydrogen-bond acceptors (Lipinski definition) is 5.